The van der Waals surface area contributed by atoms with Gasteiger partial charge in [0.05, 0.1) is 11.4 Å². The SMILES string of the molecule is CCO[Si](CCCCCCCCCCCCc1ccnc(-c2cc3ccccc3cn2)c1)(OCC)OCC. The molecule has 0 saturated carbocycles. The number of nitrogens with zero attached hydrogens (tertiary/aromatic N) is 2. The molecule has 3 rings (SSSR count). The first-order chi connectivity index (χ1) is 18.7. The van der Waals surface area contributed by atoms with Crippen molar-refractivity contribution in [2.75, 3.05) is 19.8 Å². The van der Waals surface area contributed by atoms with Gasteiger partial charge in [0.2, 0.25) is 0 Å². The molecule has 0 unspecified atom stereocenters. The molecule has 0 N–H and O–H groups in total. The monoisotopic (exact) mass is 536 g/mol. The molecule has 0 saturated heterocycles. The zero-order valence-corrected chi connectivity index (χ0v) is 24.9. The average molecular weight is 537 g/mol. The number of pyridine rings is 2. The molecule has 3 aromatic rings. The molecule has 0 amide bonds. The van der Waals surface area contributed by atoms with Gasteiger partial charge in [-0.25, -0.2) is 0 Å². The molecule has 0 fully saturated rings. The number of hydrogen-bond acceptors (Lipinski definition) is 5. The van der Waals surface area contributed by atoms with Gasteiger partial charge in [-0.15, -0.1) is 0 Å². The van der Waals surface area contributed by atoms with Crippen LogP contribution in [0.3, 0.4) is 0 Å². The van der Waals surface area contributed by atoms with Crippen LogP contribution in [0.25, 0.3) is 22.2 Å². The zero-order valence-electron chi connectivity index (χ0n) is 23.9. The van der Waals surface area contributed by atoms with Gasteiger partial charge in [-0.3, -0.25) is 9.97 Å². The maximum Gasteiger partial charge on any atom is 0.500 e. The minimum absolute atomic E-state index is 0.665. The van der Waals surface area contributed by atoms with Crippen molar-refractivity contribution in [3.63, 3.8) is 0 Å². The summed E-state index contributed by atoms with van der Waals surface area (Å²) in [5, 5.41) is 2.37. The van der Waals surface area contributed by atoms with Crippen LogP contribution in [-0.4, -0.2) is 38.6 Å². The summed E-state index contributed by atoms with van der Waals surface area (Å²) in [6.07, 6.45) is 17.9. The standard InChI is InChI=1S/C32H48N2O3Si/c1-4-35-38(36-5-2,37-6-3)24-18-14-12-10-8-7-9-11-13-15-19-28-22-23-33-31(25-28)32-26-29-20-16-17-21-30(29)27-34-32/h16-17,20-23,25-27H,4-15,18-19,24H2,1-3H3. The summed E-state index contributed by atoms with van der Waals surface area (Å²) in [5.74, 6) is 0. The lowest BCUT2D eigenvalue weighted by atomic mass is 10.0. The van der Waals surface area contributed by atoms with E-state index in [-0.39, 0.29) is 0 Å². The van der Waals surface area contributed by atoms with Crippen molar-refractivity contribution in [2.24, 2.45) is 0 Å². The number of unbranched alkanes of at least 4 members (excludes halogenated alkanes) is 9. The van der Waals surface area contributed by atoms with E-state index < -0.39 is 8.80 Å². The van der Waals surface area contributed by atoms with Crippen LogP contribution in [0.2, 0.25) is 6.04 Å². The van der Waals surface area contributed by atoms with E-state index in [1.807, 2.05) is 39.2 Å². The van der Waals surface area contributed by atoms with Gasteiger partial charge in [0, 0.05) is 43.6 Å². The van der Waals surface area contributed by atoms with Crippen molar-refractivity contribution in [2.45, 2.75) is 97.4 Å². The Labute approximate surface area is 231 Å². The molecule has 2 heterocycles. The Morgan fingerprint density at radius 3 is 1.79 bits per heavy atom. The normalized spacial score (nSPS) is 11.9. The van der Waals surface area contributed by atoms with E-state index in [0.717, 1.165) is 35.7 Å². The zero-order chi connectivity index (χ0) is 26.9. The molecule has 0 aliphatic carbocycles. The molecule has 1 aromatic carbocycles. The number of benzene rings is 1. The highest BCUT2D eigenvalue weighted by Gasteiger charge is 2.39. The van der Waals surface area contributed by atoms with Crippen LogP contribution in [-0.2, 0) is 19.7 Å². The minimum Gasteiger partial charge on any atom is -0.374 e. The van der Waals surface area contributed by atoms with Crippen LogP contribution in [0.1, 0.15) is 90.5 Å². The Morgan fingerprint density at radius 1 is 0.605 bits per heavy atom. The number of rotatable bonds is 20. The van der Waals surface area contributed by atoms with Crippen LogP contribution in [0.5, 0.6) is 0 Å². The second-order valence-corrected chi connectivity index (χ2v) is 12.7. The number of fused-ring (bicyclic) bond motifs is 1. The molecule has 0 radical (unpaired) electrons. The van der Waals surface area contributed by atoms with Gasteiger partial charge in [0.1, 0.15) is 0 Å². The van der Waals surface area contributed by atoms with Gasteiger partial charge in [-0.05, 0) is 69.2 Å². The van der Waals surface area contributed by atoms with Gasteiger partial charge in [0.15, 0.2) is 0 Å². The molecule has 0 spiro atoms. The van der Waals surface area contributed by atoms with Crippen molar-refractivity contribution in [3.05, 3.63) is 60.4 Å². The minimum atomic E-state index is -2.45. The lowest BCUT2D eigenvalue weighted by Gasteiger charge is -2.28. The highest BCUT2D eigenvalue weighted by Crippen LogP contribution is 2.23. The fraction of sp³-hybridized carbons (Fsp3) is 0.562. The molecule has 6 heteroatoms. The van der Waals surface area contributed by atoms with Gasteiger partial charge >= 0.3 is 8.80 Å². The summed E-state index contributed by atoms with van der Waals surface area (Å²) in [4.78, 5) is 9.21. The summed E-state index contributed by atoms with van der Waals surface area (Å²) < 4.78 is 17.9. The molecule has 2 aromatic heterocycles. The topological polar surface area (TPSA) is 53.5 Å². The molecule has 0 atom stereocenters. The smallest absolute Gasteiger partial charge is 0.374 e. The van der Waals surface area contributed by atoms with E-state index >= 15 is 0 Å². The Bertz CT molecular complexity index is 1040. The van der Waals surface area contributed by atoms with E-state index in [1.54, 1.807) is 0 Å². The third-order valence-corrected chi connectivity index (χ3v) is 10.2. The number of aryl methyl sites for hydroxylation is 1. The van der Waals surface area contributed by atoms with Crippen molar-refractivity contribution >= 4 is 19.6 Å². The van der Waals surface area contributed by atoms with Crippen molar-refractivity contribution in [1.29, 1.82) is 0 Å². The van der Waals surface area contributed by atoms with Gasteiger partial charge in [-0.2, -0.15) is 0 Å². The summed E-state index contributed by atoms with van der Waals surface area (Å²) in [7, 11) is -2.45. The van der Waals surface area contributed by atoms with Crippen LogP contribution in [0.4, 0.5) is 0 Å². The molecule has 0 bridgehead atoms. The van der Waals surface area contributed by atoms with Crippen molar-refractivity contribution in [1.82, 2.24) is 9.97 Å². The number of aromatic nitrogens is 2. The van der Waals surface area contributed by atoms with Crippen LogP contribution in [0, 0.1) is 0 Å². The fourth-order valence-corrected chi connectivity index (χ4v) is 7.77. The summed E-state index contributed by atoms with van der Waals surface area (Å²) in [6.45, 7) is 8.08. The first-order valence-corrected chi connectivity index (χ1v) is 16.8. The predicted octanol–water partition coefficient (Wildman–Crippen LogP) is 8.79. The van der Waals surface area contributed by atoms with E-state index in [4.69, 9.17) is 13.3 Å². The molecular weight excluding hydrogens is 488 g/mol. The second kappa shape index (κ2) is 17.5. The lowest BCUT2D eigenvalue weighted by Crippen LogP contribution is -2.45. The highest BCUT2D eigenvalue weighted by atomic mass is 28.4. The Morgan fingerprint density at radius 2 is 1.16 bits per heavy atom. The molecule has 0 aliphatic rings. The Kier molecular flexibility index (Phi) is 14.0. The molecule has 5 nitrogen and oxygen atoms in total. The summed E-state index contributed by atoms with van der Waals surface area (Å²) in [6, 6.07) is 15.8. The first-order valence-electron chi connectivity index (χ1n) is 14.9. The maximum absolute atomic E-state index is 5.96. The van der Waals surface area contributed by atoms with Crippen LogP contribution >= 0.6 is 0 Å². The first kappa shape index (κ1) is 30.4. The van der Waals surface area contributed by atoms with Gasteiger partial charge < -0.3 is 13.3 Å². The molecule has 38 heavy (non-hydrogen) atoms. The van der Waals surface area contributed by atoms with E-state index in [2.05, 4.69) is 46.4 Å². The fourth-order valence-electron chi connectivity index (χ4n) is 5.08. The summed E-state index contributed by atoms with van der Waals surface area (Å²) in [5.41, 5.74) is 3.27. The van der Waals surface area contributed by atoms with E-state index in [9.17, 15) is 0 Å². The quantitative estimate of drug-likeness (QED) is 0.107. The predicted molar refractivity (Wildman–Crippen MR) is 160 cm³/mol. The molecular formula is C32H48N2O3Si. The van der Waals surface area contributed by atoms with E-state index in [1.165, 1.54) is 68.7 Å². The average Bonchev–Trinajstić information content (AvgIpc) is 2.94. The largest absolute Gasteiger partial charge is 0.500 e. The maximum atomic E-state index is 5.96. The van der Waals surface area contributed by atoms with E-state index in [0.29, 0.717) is 19.8 Å². The van der Waals surface area contributed by atoms with Gasteiger partial charge in [-0.1, -0.05) is 75.6 Å². The van der Waals surface area contributed by atoms with Crippen molar-refractivity contribution in [3.8, 4) is 11.4 Å². The molecule has 208 valence electrons. The number of hydrogen-bond donors (Lipinski definition) is 0. The summed E-state index contributed by atoms with van der Waals surface area (Å²) >= 11 is 0. The molecule has 0 aliphatic heterocycles. The lowest BCUT2D eigenvalue weighted by molar-refractivity contribution is 0.0706. The Balaban J connectivity index is 1.25. The van der Waals surface area contributed by atoms with Crippen LogP contribution in [0.15, 0.2) is 54.9 Å². The highest BCUT2D eigenvalue weighted by molar-refractivity contribution is 6.60. The Hall–Kier alpha value is -2.12. The third kappa shape index (κ3) is 10.2. The third-order valence-electron chi connectivity index (χ3n) is 7.01. The second-order valence-electron chi connectivity index (χ2n) is 9.98. The van der Waals surface area contributed by atoms with Crippen molar-refractivity contribution < 1.29 is 13.3 Å². The van der Waals surface area contributed by atoms with Crippen LogP contribution < -0.4 is 0 Å². The van der Waals surface area contributed by atoms with Gasteiger partial charge in [0.25, 0.3) is 0 Å².